The summed E-state index contributed by atoms with van der Waals surface area (Å²) in [7, 11) is 0. The third kappa shape index (κ3) is 4.72. The zero-order valence-electron chi connectivity index (χ0n) is 16.1. The number of aliphatic carboxylic acids is 1. The summed E-state index contributed by atoms with van der Waals surface area (Å²) in [5.41, 5.74) is 0. The summed E-state index contributed by atoms with van der Waals surface area (Å²) >= 11 is 3.97. The van der Waals surface area contributed by atoms with Crippen molar-refractivity contribution in [1.82, 2.24) is 16.0 Å². The highest BCUT2D eigenvalue weighted by Crippen LogP contribution is 2.36. The quantitative estimate of drug-likeness (QED) is 0.316. The van der Waals surface area contributed by atoms with Gasteiger partial charge in [0.05, 0.1) is 30.0 Å². The van der Waals surface area contributed by atoms with Crippen molar-refractivity contribution in [3.8, 4) is 0 Å². The van der Waals surface area contributed by atoms with Crippen LogP contribution in [0.25, 0.3) is 0 Å². The van der Waals surface area contributed by atoms with Crippen LogP contribution in [0.3, 0.4) is 0 Å². The van der Waals surface area contributed by atoms with E-state index < -0.39 is 5.97 Å². The number of nitrogens with zero attached hydrogens (tertiary/aromatic N) is 1. The average molecular weight is 427 g/mol. The molecular formula is C19H30N4O3S2. The number of fused-ring (bicyclic) bond motifs is 2. The number of amides is 2. The number of rotatable bonds is 10. The van der Waals surface area contributed by atoms with Gasteiger partial charge in [-0.1, -0.05) is 12.8 Å². The number of unbranched alkanes of at least 4 members (excludes halogenated alkanes) is 2. The molecule has 28 heavy (non-hydrogen) atoms. The second kappa shape index (κ2) is 9.15. The molecule has 0 spiro atoms. The third-order valence-electron chi connectivity index (χ3n) is 6.16. The predicted octanol–water partition coefficient (Wildman–Crippen LogP) is 2.21. The van der Waals surface area contributed by atoms with Crippen LogP contribution in [-0.2, 0) is 4.79 Å². The van der Waals surface area contributed by atoms with E-state index in [0.717, 1.165) is 50.0 Å². The summed E-state index contributed by atoms with van der Waals surface area (Å²) in [5.74, 6) is 2.60. The first-order valence-electron chi connectivity index (χ1n) is 10.5. The lowest BCUT2D eigenvalue weighted by atomic mass is 10.0. The zero-order chi connectivity index (χ0) is 19.5. The van der Waals surface area contributed by atoms with Crippen molar-refractivity contribution in [2.75, 3.05) is 11.5 Å². The predicted molar refractivity (Wildman–Crippen MR) is 114 cm³/mol. The maximum Gasteiger partial charge on any atom is 0.315 e. The molecule has 156 valence electrons. The van der Waals surface area contributed by atoms with Crippen LogP contribution in [0.5, 0.6) is 0 Å². The van der Waals surface area contributed by atoms with Crippen LogP contribution in [0.15, 0.2) is 4.99 Å². The first-order chi connectivity index (χ1) is 13.6. The van der Waals surface area contributed by atoms with Crippen molar-refractivity contribution in [2.24, 2.45) is 4.99 Å². The van der Waals surface area contributed by atoms with E-state index in [1.54, 1.807) is 0 Å². The summed E-state index contributed by atoms with van der Waals surface area (Å²) in [5, 5.41) is 19.5. The Balaban J connectivity index is 1.15. The number of carboxylic acids is 1. The molecule has 4 aliphatic heterocycles. The molecule has 4 heterocycles. The normalized spacial score (nSPS) is 35.7. The topological polar surface area (TPSA) is 103 Å². The molecule has 0 bridgehead atoms. The number of amidine groups is 1. The molecule has 0 radical (unpaired) electrons. The Kier molecular flexibility index (Phi) is 6.60. The monoisotopic (exact) mass is 426 g/mol. The van der Waals surface area contributed by atoms with Crippen LogP contribution in [0.1, 0.15) is 51.4 Å². The van der Waals surface area contributed by atoms with E-state index in [9.17, 15) is 9.59 Å². The second-order valence-electron chi connectivity index (χ2n) is 8.20. The molecule has 0 saturated carbocycles. The maximum atomic E-state index is 11.5. The molecule has 4 aliphatic rings. The fraction of sp³-hybridized carbons (Fsp3) is 0.842. The highest BCUT2D eigenvalue weighted by Gasteiger charge is 2.43. The van der Waals surface area contributed by atoms with Gasteiger partial charge in [-0.05, 0) is 25.7 Å². The van der Waals surface area contributed by atoms with Crippen molar-refractivity contribution < 1.29 is 14.7 Å². The molecule has 4 rings (SSSR count). The fourth-order valence-corrected chi connectivity index (χ4v) is 7.77. The van der Waals surface area contributed by atoms with Gasteiger partial charge in [0.1, 0.15) is 0 Å². The number of carbonyl (C=O) groups is 2. The summed E-state index contributed by atoms with van der Waals surface area (Å²) < 4.78 is 0. The van der Waals surface area contributed by atoms with E-state index in [4.69, 9.17) is 10.1 Å². The maximum absolute atomic E-state index is 11.5. The average Bonchev–Trinajstić information content (AvgIpc) is 3.38. The Morgan fingerprint density at radius 3 is 2.61 bits per heavy atom. The van der Waals surface area contributed by atoms with Crippen molar-refractivity contribution in [2.45, 2.75) is 86.0 Å². The van der Waals surface area contributed by atoms with Crippen molar-refractivity contribution >= 4 is 41.4 Å². The molecule has 3 saturated heterocycles. The number of carbonyl (C=O) groups excluding carboxylic acids is 1. The van der Waals surface area contributed by atoms with Crippen LogP contribution in [0.2, 0.25) is 0 Å². The Bertz CT molecular complexity index is 632. The van der Waals surface area contributed by atoms with Crippen LogP contribution in [-0.4, -0.2) is 69.1 Å². The lowest BCUT2D eigenvalue weighted by Gasteiger charge is -2.16. The van der Waals surface area contributed by atoms with Gasteiger partial charge >= 0.3 is 12.0 Å². The molecule has 0 aromatic heterocycles. The van der Waals surface area contributed by atoms with Gasteiger partial charge in [-0.2, -0.15) is 23.5 Å². The fourth-order valence-electron chi connectivity index (χ4n) is 4.71. The van der Waals surface area contributed by atoms with Gasteiger partial charge < -0.3 is 21.1 Å². The van der Waals surface area contributed by atoms with Crippen molar-refractivity contribution in [3.05, 3.63) is 0 Å². The molecule has 0 unspecified atom stereocenters. The number of urea groups is 1. The van der Waals surface area contributed by atoms with E-state index in [-0.39, 0.29) is 12.5 Å². The lowest BCUT2D eigenvalue weighted by Crippen LogP contribution is -2.36. The molecule has 0 aromatic carbocycles. The van der Waals surface area contributed by atoms with Gasteiger partial charge in [0.15, 0.2) is 0 Å². The Morgan fingerprint density at radius 1 is 1.00 bits per heavy atom. The van der Waals surface area contributed by atoms with Gasteiger partial charge in [0, 0.05) is 34.8 Å². The lowest BCUT2D eigenvalue weighted by molar-refractivity contribution is -0.137. The number of hydrogen-bond acceptors (Lipinski definition) is 6. The number of hydrogen-bond donors (Lipinski definition) is 4. The highest BCUT2D eigenvalue weighted by molar-refractivity contribution is 8.00. The van der Waals surface area contributed by atoms with E-state index in [1.807, 2.05) is 23.5 Å². The Labute approximate surface area is 174 Å². The van der Waals surface area contributed by atoms with E-state index in [0.29, 0.717) is 34.7 Å². The van der Waals surface area contributed by atoms with Crippen molar-refractivity contribution in [1.29, 1.82) is 0 Å². The molecule has 0 aliphatic carbocycles. The van der Waals surface area contributed by atoms with Crippen LogP contribution >= 0.6 is 23.5 Å². The molecule has 9 heteroatoms. The highest BCUT2D eigenvalue weighted by atomic mass is 32.2. The molecule has 6 atom stereocenters. The van der Waals surface area contributed by atoms with Gasteiger partial charge in [-0.15, -0.1) is 0 Å². The van der Waals surface area contributed by atoms with Crippen LogP contribution in [0.4, 0.5) is 4.79 Å². The SMILES string of the molecule is O=C(O)CCCC[C@@H]1SC[C@@H]2NC(CCCC[C@@H]3SC[C@@H]4NC(=O)N[C@@H]43)=N[C@@H]21. The first kappa shape index (κ1) is 20.2. The van der Waals surface area contributed by atoms with Crippen LogP contribution < -0.4 is 16.0 Å². The van der Waals surface area contributed by atoms with E-state index in [2.05, 4.69) is 16.0 Å². The van der Waals surface area contributed by atoms with Gasteiger partial charge in [0.25, 0.3) is 0 Å². The standard InChI is InChI=1S/C19H30N4O3S2/c24-16(25)8-4-2-6-13-17-11(9-27-13)20-15(22-17)7-3-1-5-14-18-12(10-28-14)21-19(26)23-18/h11-14,17-18H,1-10H2,(H,20,22)(H,24,25)(H2,21,23,26)/t11-,12-,13-,14-,17-,18-/m0/s1. The van der Waals surface area contributed by atoms with Crippen molar-refractivity contribution in [3.63, 3.8) is 0 Å². The zero-order valence-corrected chi connectivity index (χ0v) is 17.7. The van der Waals surface area contributed by atoms with E-state index in [1.165, 1.54) is 12.3 Å². The number of nitrogens with one attached hydrogen (secondary N) is 3. The molecular weight excluding hydrogens is 396 g/mol. The van der Waals surface area contributed by atoms with Gasteiger partial charge in [-0.25, -0.2) is 4.79 Å². The molecule has 3 fully saturated rings. The smallest absolute Gasteiger partial charge is 0.315 e. The number of carboxylic acid groups (broad SMARTS) is 1. The molecule has 2 amide bonds. The minimum absolute atomic E-state index is 0.00765. The minimum Gasteiger partial charge on any atom is -0.481 e. The second-order valence-corrected chi connectivity index (χ2v) is 10.7. The largest absolute Gasteiger partial charge is 0.481 e. The Morgan fingerprint density at radius 2 is 1.75 bits per heavy atom. The summed E-state index contributed by atoms with van der Waals surface area (Å²) in [4.78, 5) is 27.1. The van der Waals surface area contributed by atoms with Crippen LogP contribution in [0, 0.1) is 0 Å². The third-order valence-corrected chi connectivity index (χ3v) is 9.16. The summed E-state index contributed by atoms with van der Waals surface area (Å²) in [6, 6.07) is 1.45. The molecule has 0 aromatic rings. The number of aliphatic imine (C=N–C) groups is 1. The number of thioether (sulfide) groups is 2. The minimum atomic E-state index is -0.696. The van der Waals surface area contributed by atoms with Gasteiger partial charge in [-0.3, -0.25) is 9.79 Å². The summed E-state index contributed by atoms with van der Waals surface area (Å²) in [6.07, 6.45) is 7.56. The summed E-state index contributed by atoms with van der Waals surface area (Å²) in [6.45, 7) is 0. The van der Waals surface area contributed by atoms with E-state index >= 15 is 0 Å². The molecule has 7 nitrogen and oxygen atoms in total. The van der Waals surface area contributed by atoms with Gasteiger partial charge in [0.2, 0.25) is 0 Å². The Hall–Kier alpha value is -1.09. The molecule has 4 N–H and O–H groups in total. The first-order valence-corrected chi connectivity index (χ1v) is 12.5.